The van der Waals surface area contributed by atoms with Crippen LogP contribution in [0, 0.1) is 12.7 Å². The summed E-state index contributed by atoms with van der Waals surface area (Å²) >= 11 is 1.27. The van der Waals surface area contributed by atoms with Crippen LogP contribution in [0.1, 0.15) is 11.3 Å². The molecular formula is C19H14FN7S. The van der Waals surface area contributed by atoms with Crippen LogP contribution in [0.3, 0.4) is 0 Å². The Morgan fingerprint density at radius 2 is 2.00 bits per heavy atom. The molecule has 0 unspecified atom stereocenters. The van der Waals surface area contributed by atoms with Gasteiger partial charge in [0.1, 0.15) is 22.2 Å². The van der Waals surface area contributed by atoms with Crippen molar-refractivity contribution in [2.24, 2.45) is 0 Å². The Bertz CT molecular complexity index is 1340. The first-order valence-corrected chi connectivity index (χ1v) is 9.34. The van der Waals surface area contributed by atoms with Crippen molar-refractivity contribution in [1.29, 1.82) is 0 Å². The molecule has 0 spiro atoms. The van der Waals surface area contributed by atoms with Crippen LogP contribution >= 0.6 is 11.5 Å². The molecule has 0 saturated heterocycles. The molecule has 2 N–H and O–H groups in total. The van der Waals surface area contributed by atoms with E-state index in [1.54, 1.807) is 29.1 Å². The number of aromatic nitrogens is 6. The van der Waals surface area contributed by atoms with Crippen LogP contribution in [0.25, 0.3) is 32.8 Å². The predicted octanol–water partition coefficient (Wildman–Crippen LogP) is 3.58. The van der Waals surface area contributed by atoms with Crippen LogP contribution in [0.5, 0.6) is 0 Å². The number of rotatable bonds is 3. The monoisotopic (exact) mass is 391 g/mol. The maximum absolute atomic E-state index is 14.1. The zero-order chi connectivity index (χ0) is 19.3. The van der Waals surface area contributed by atoms with Gasteiger partial charge in [0, 0.05) is 11.8 Å². The molecule has 138 valence electrons. The minimum absolute atomic E-state index is 0.248. The number of hydrogen-bond acceptors (Lipinski definition) is 7. The van der Waals surface area contributed by atoms with Crippen LogP contribution in [0.2, 0.25) is 0 Å². The number of nitrogen functional groups attached to an aromatic ring is 1. The van der Waals surface area contributed by atoms with E-state index in [4.69, 9.17) is 5.73 Å². The van der Waals surface area contributed by atoms with E-state index in [0.29, 0.717) is 33.4 Å². The first-order chi connectivity index (χ1) is 13.6. The van der Waals surface area contributed by atoms with Crippen molar-refractivity contribution in [3.8, 4) is 11.5 Å². The van der Waals surface area contributed by atoms with Crippen molar-refractivity contribution in [3.05, 3.63) is 59.7 Å². The first kappa shape index (κ1) is 16.7. The number of benzene rings is 1. The average Bonchev–Trinajstić information content (AvgIpc) is 3.25. The zero-order valence-electron chi connectivity index (χ0n) is 14.8. The maximum atomic E-state index is 14.1. The van der Waals surface area contributed by atoms with Gasteiger partial charge in [-0.2, -0.15) is 9.47 Å². The van der Waals surface area contributed by atoms with E-state index >= 15 is 0 Å². The lowest BCUT2D eigenvalue weighted by Gasteiger charge is -2.04. The van der Waals surface area contributed by atoms with Crippen molar-refractivity contribution in [3.63, 3.8) is 0 Å². The fourth-order valence-electron chi connectivity index (χ4n) is 3.20. The molecule has 4 aromatic heterocycles. The van der Waals surface area contributed by atoms with Gasteiger partial charge in [-0.1, -0.05) is 18.2 Å². The summed E-state index contributed by atoms with van der Waals surface area (Å²) in [4.78, 5) is 14.2. The normalized spacial score (nSPS) is 11.5. The van der Waals surface area contributed by atoms with Crippen LogP contribution in [-0.4, -0.2) is 29.1 Å². The summed E-state index contributed by atoms with van der Waals surface area (Å²) in [7, 11) is 0. The van der Waals surface area contributed by atoms with Crippen LogP contribution in [-0.2, 0) is 6.54 Å². The molecule has 0 radical (unpaired) electrons. The lowest BCUT2D eigenvalue weighted by Crippen LogP contribution is -2.05. The summed E-state index contributed by atoms with van der Waals surface area (Å²) in [5.41, 5.74) is 8.66. The molecule has 28 heavy (non-hydrogen) atoms. The number of halogens is 1. The molecule has 9 heteroatoms. The third-order valence-electron chi connectivity index (χ3n) is 4.53. The molecule has 0 saturated carbocycles. The van der Waals surface area contributed by atoms with Gasteiger partial charge in [-0.25, -0.2) is 24.0 Å². The lowest BCUT2D eigenvalue weighted by atomic mass is 10.2. The molecule has 5 rings (SSSR count). The van der Waals surface area contributed by atoms with Gasteiger partial charge >= 0.3 is 0 Å². The third kappa shape index (κ3) is 2.59. The highest BCUT2D eigenvalue weighted by molar-refractivity contribution is 7.13. The van der Waals surface area contributed by atoms with E-state index in [-0.39, 0.29) is 12.4 Å². The molecule has 4 heterocycles. The van der Waals surface area contributed by atoms with Gasteiger partial charge in [0.25, 0.3) is 0 Å². The number of nitrogens with zero attached hydrogens (tertiary/aromatic N) is 6. The van der Waals surface area contributed by atoms with Crippen molar-refractivity contribution in [2.75, 3.05) is 5.73 Å². The third-order valence-corrected chi connectivity index (χ3v) is 5.36. The highest BCUT2D eigenvalue weighted by Gasteiger charge is 2.19. The van der Waals surface area contributed by atoms with Crippen molar-refractivity contribution in [1.82, 2.24) is 29.1 Å². The Labute approximate surface area is 162 Å². The van der Waals surface area contributed by atoms with E-state index < -0.39 is 0 Å². The summed E-state index contributed by atoms with van der Waals surface area (Å²) in [5, 5.41) is 6.18. The molecule has 0 aliphatic rings. The van der Waals surface area contributed by atoms with Crippen molar-refractivity contribution >= 4 is 38.6 Å². The second-order valence-electron chi connectivity index (χ2n) is 6.35. The summed E-state index contributed by atoms with van der Waals surface area (Å²) < 4.78 is 20.1. The lowest BCUT2D eigenvalue weighted by molar-refractivity contribution is 0.589. The van der Waals surface area contributed by atoms with Gasteiger partial charge in [-0.3, -0.25) is 0 Å². The number of hydrogen-bond donors (Lipinski definition) is 1. The molecule has 0 bridgehead atoms. The van der Waals surface area contributed by atoms with E-state index in [1.165, 1.54) is 17.6 Å². The van der Waals surface area contributed by atoms with E-state index in [0.717, 1.165) is 16.5 Å². The van der Waals surface area contributed by atoms with Crippen LogP contribution in [0.4, 0.5) is 10.2 Å². The summed E-state index contributed by atoms with van der Waals surface area (Å²) in [6, 6.07) is 10.3. The molecule has 1 aromatic carbocycles. The predicted molar refractivity (Wildman–Crippen MR) is 106 cm³/mol. The van der Waals surface area contributed by atoms with E-state index in [1.807, 2.05) is 19.1 Å². The van der Waals surface area contributed by atoms with E-state index in [9.17, 15) is 4.39 Å². The number of pyridine rings is 1. The second-order valence-corrected chi connectivity index (χ2v) is 7.10. The molecule has 0 fully saturated rings. The van der Waals surface area contributed by atoms with Gasteiger partial charge in [-0.15, -0.1) is 0 Å². The topological polar surface area (TPSA) is 95.4 Å². The van der Waals surface area contributed by atoms with Gasteiger partial charge in [-0.05, 0) is 36.7 Å². The average molecular weight is 391 g/mol. The molecule has 5 aromatic rings. The van der Waals surface area contributed by atoms with E-state index in [2.05, 4.69) is 24.4 Å². The number of aryl methyl sites for hydroxylation is 1. The first-order valence-electron chi connectivity index (χ1n) is 8.56. The quantitative estimate of drug-likeness (QED) is 0.505. The molecule has 0 amide bonds. The maximum Gasteiger partial charge on any atom is 0.184 e. The molecule has 7 nitrogen and oxygen atoms in total. The molecule has 0 atom stereocenters. The summed E-state index contributed by atoms with van der Waals surface area (Å²) in [5.74, 6) is 0.483. The Morgan fingerprint density at radius 1 is 1.14 bits per heavy atom. The van der Waals surface area contributed by atoms with Crippen molar-refractivity contribution < 1.29 is 4.39 Å². The van der Waals surface area contributed by atoms with Crippen LogP contribution < -0.4 is 5.73 Å². The van der Waals surface area contributed by atoms with Gasteiger partial charge in [0.05, 0.1) is 23.0 Å². The molecule has 0 aliphatic carbocycles. The Hall–Kier alpha value is -3.46. The summed E-state index contributed by atoms with van der Waals surface area (Å²) in [6.45, 7) is 2.12. The summed E-state index contributed by atoms with van der Waals surface area (Å²) in [6.07, 6.45) is 1.68. The minimum Gasteiger partial charge on any atom is -0.383 e. The Morgan fingerprint density at radius 3 is 2.86 bits per heavy atom. The second kappa shape index (κ2) is 6.31. The Kier molecular flexibility index (Phi) is 3.76. The van der Waals surface area contributed by atoms with Gasteiger partial charge in [0.2, 0.25) is 0 Å². The molecular weight excluding hydrogens is 377 g/mol. The smallest absolute Gasteiger partial charge is 0.184 e. The van der Waals surface area contributed by atoms with Crippen molar-refractivity contribution in [2.45, 2.75) is 13.5 Å². The van der Waals surface area contributed by atoms with Gasteiger partial charge in [0.15, 0.2) is 11.5 Å². The zero-order valence-corrected chi connectivity index (χ0v) is 15.6. The fourth-order valence-corrected chi connectivity index (χ4v) is 3.98. The highest BCUT2D eigenvalue weighted by atomic mass is 32.1. The number of fused-ring (bicyclic) bond motifs is 2. The molecule has 0 aliphatic heterocycles. The number of anilines is 1. The standard InChI is InChI=1S/C19H14FN7S/c1-10-14-16(21)23-17(24-19(14)28-26-10)15-12-6-4-8-22-18(12)27(25-15)9-11-5-2-3-7-13(11)20/h2-8H,9H2,1H3,(H2,21,23,24). The van der Waals surface area contributed by atoms with Crippen LogP contribution in [0.15, 0.2) is 42.6 Å². The SMILES string of the molecule is Cc1nsc2nc(-c3nn(Cc4ccccc4F)c4ncccc34)nc(N)c12. The Balaban J connectivity index is 1.70. The highest BCUT2D eigenvalue weighted by Crippen LogP contribution is 2.30. The minimum atomic E-state index is -0.286. The number of nitrogens with two attached hydrogens (primary N) is 1. The largest absolute Gasteiger partial charge is 0.383 e. The fraction of sp³-hybridized carbons (Fsp3) is 0.105. The van der Waals surface area contributed by atoms with Gasteiger partial charge < -0.3 is 5.73 Å².